The molecule has 0 radical (unpaired) electrons. The van der Waals surface area contributed by atoms with Gasteiger partial charge in [0, 0.05) is 12.6 Å². The second kappa shape index (κ2) is 4.21. The summed E-state index contributed by atoms with van der Waals surface area (Å²) in [5.74, 6) is 0. The van der Waals surface area contributed by atoms with Gasteiger partial charge in [-0.1, -0.05) is 6.42 Å². The molecule has 1 saturated heterocycles. The lowest BCUT2D eigenvalue weighted by Gasteiger charge is -2.30. The van der Waals surface area contributed by atoms with Crippen molar-refractivity contribution in [2.75, 3.05) is 26.4 Å². The summed E-state index contributed by atoms with van der Waals surface area (Å²) in [6, 6.07) is 0.760. The van der Waals surface area contributed by atoms with Gasteiger partial charge in [-0.05, 0) is 12.8 Å². The molecular formula is C9H17NO2. The molecule has 2 fully saturated rings. The maximum Gasteiger partial charge on any atom is 0.0933 e. The van der Waals surface area contributed by atoms with Crippen LogP contribution < -0.4 is 5.32 Å². The minimum atomic E-state index is 0.291. The van der Waals surface area contributed by atoms with Gasteiger partial charge in [0.15, 0.2) is 0 Å². The molecule has 12 heavy (non-hydrogen) atoms. The quantitative estimate of drug-likeness (QED) is 0.672. The van der Waals surface area contributed by atoms with Gasteiger partial charge in [0.05, 0.1) is 25.9 Å². The van der Waals surface area contributed by atoms with Crippen LogP contribution in [0.3, 0.4) is 0 Å². The van der Waals surface area contributed by atoms with E-state index < -0.39 is 0 Å². The first-order valence-corrected chi connectivity index (χ1v) is 4.88. The van der Waals surface area contributed by atoms with Crippen molar-refractivity contribution in [3.63, 3.8) is 0 Å². The van der Waals surface area contributed by atoms with Crippen LogP contribution in [0.2, 0.25) is 0 Å². The minimum absolute atomic E-state index is 0.291. The normalized spacial score (nSPS) is 31.5. The molecule has 1 atom stereocenters. The number of hydrogen-bond acceptors (Lipinski definition) is 3. The zero-order valence-corrected chi connectivity index (χ0v) is 7.42. The summed E-state index contributed by atoms with van der Waals surface area (Å²) in [5, 5.41) is 3.48. The van der Waals surface area contributed by atoms with Gasteiger partial charge in [0.2, 0.25) is 0 Å². The average Bonchev–Trinajstić information content (AvgIpc) is 2.04. The molecule has 0 aromatic rings. The van der Waals surface area contributed by atoms with Gasteiger partial charge < -0.3 is 14.8 Å². The van der Waals surface area contributed by atoms with E-state index in [-0.39, 0.29) is 0 Å². The molecule has 1 heterocycles. The van der Waals surface area contributed by atoms with Gasteiger partial charge in [-0.25, -0.2) is 0 Å². The van der Waals surface area contributed by atoms with Gasteiger partial charge in [-0.15, -0.1) is 0 Å². The molecule has 3 heteroatoms. The van der Waals surface area contributed by atoms with Crippen LogP contribution in [0.1, 0.15) is 19.3 Å². The van der Waals surface area contributed by atoms with E-state index >= 15 is 0 Å². The van der Waals surface area contributed by atoms with Crippen molar-refractivity contribution in [1.82, 2.24) is 5.32 Å². The van der Waals surface area contributed by atoms with Gasteiger partial charge in [0.1, 0.15) is 0 Å². The highest BCUT2D eigenvalue weighted by Crippen LogP contribution is 2.17. The molecule has 3 nitrogen and oxygen atoms in total. The van der Waals surface area contributed by atoms with Crippen LogP contribution in [0.15, 0.2) is 0 Å². The third-order valence-electron chi connectivity index (χ3n) is 2.62. The Kier molecular flexibility index (Phi) is 2.98. The Morgan fingerprint density at radius 2 is 2.17 bits per heavy atom. The molecule has 1 unspecified atom stereocenters. The zero-order chi connectivity index (χ0) is 8.23. The van der Waals surface area contributed by atoms with Crippen LogP contribution in [0.4, 0.5) is 0 Å². The third kappa shape index (κ3) is 2.19. The summed E-state index contributed by atoms with van der Waals surface area (Å²) in [7, 11) is 0. The largest absolute Gasteiger partial charge is 0.376 e. The number of nitrogens with one attached hydrogen (secondary N) is 1. The van der Waals surface area contributed by atoms with E-state index in [0.29, 0.717) is 6.10 Å². The second-order valence-corrected chi connectivity index (χ2v) is 3.60. The fourth-order valence-corrected chi connectivity index (χ4v) is 1.56. The zero-order valence-electron chi connectivity index (χ0n) is 7.42. The summed E-state index contributed by atoms with van der Waals surface area (Å²) in [5.41, 5.74) is 0. The maximum absolute atomic E-state index is 5.51. The number of rotatable bonds is 3. The molecule has 2 rings (SSSR count). The lowest BCUT2D eigenvalue weighted by molar-refractivity contribution is -0.0876. The van der Waals surface area contributed by atoms with Crippen LogP contribution in [-0.2, 0) is 9.47 Å². The number of ether oxygens (including phenoxy) is 2. The van der Waals surface area contributed by atoms with E-state index in [0.717, 1.165) is 32.4 Å². The fraction of sp³-hybridized carbons (Fsp3) is 1.00. The predicted molar refractivity (Wildman–Crippen MR) is 46.2 cm³/mol. The standard InChI is InChI=1S/C9H17NO2/c1-2-8(3-1)10-6-9-7-11-4-5-12-9/h8-10H,1-7H2. The van der Waals surface area contributed by atoms with E-state index in [1.807, 2.05) is 0 Å². The molecule has 0 bridgehead atoms. The van der Waals surface area contributed by atoms with Crippen LogP contribution >= 0.6 is 0 Å². The summed E-state index contributed by atoms with van der Waals surface area (Å²) in [6.45, 7) is 3.25. The van der Waals surface area contributed by atoms with Crippen molar-refractivity contribution in [3.05, 3.63) is 0 Å². The van der Waals surface area contributed by atoms with E-state index in [9.17, 15) is 0 Å². The monoisotopic (exact) mass is 171 g/mol. The fourth-order valence-electron chi connectivity index (χ4n) is 1.56. The van der Waals surface area contributed by atoms with E-state index in [1.165, 1.54) is 19.3 Å². The van der Waals surface area contributed by atoms with Crippen molar-refractivity contribution in [2.45, 2.75) is 31.4 Å². The van der Waals surface area contributed by atoms with Crippen molar-refractivity contribution in [1.29, 1.82) is 0 Å². The Labute approximate surface area is 73.4 Å². The van der Waals surface area contributed by atoms with E-state index in [2.05, 4.69) is 5.32 Å². The summed E-state index contributed by atoms with van der Waals surface area (Å²) in [6.07, 6.45) is 4.36. The van der Waals surface area contributed by atoms with Gasteiger partial charge in [0.25, 0.3) is 0 Å². The lowest BCUT2D eigenvalue weighted by Crippen LogP contribution is -2.43. The first-order valence-electron chi connectivity index (χ1n) is 4.88. The van der Waals surface area contributed by atoms with Crippen molar-refractivity contribution < 1.29 is 9.47 Å². The van der Waals surface area contributed by atoms with Gasteiger partial charge in [-0.3, -0.25) is 0 Å². The molecule has 0 amide bonds. The smallest absolute Gasteiger partial charge is 0.0933 e. The van der Waals surface area contributed by atoms with Crippen LogP contribution in [-0.4, -0.2) is 38.5 Å². The van der Waals surface area contributed by atoms with E-state index in [4.69, 9.17) is 9.47 Å². The van der Waals surface area contributed by atoms with Gasteiger partial charge >= 0.3 is 0 Å². The lowest BCUT2D eigenvalue weighted by atomic mass is 9.93. The Bertz CT molecular complexity index is 130. The maximum atomic E-state index is 5.51. The summed E-state index contributed by atoms with van der Waals surface area (Å²) >= 11 is 0. The van der Waals surface area contributed by atoms with Crippen molar-refractivity contribution >= 4 is 0 Å². The highest BCUT2D eigenvalue weighted by molar-refractivity contribution is 4.78. The highest BCUT2D eigenvalue weighted by Gasteiger charge is 2.20. The van der Waals surface area contributed by atoms with Crippen LogP contribution in [0, 0.1) is 0 Å². The third-order valence-corrected chi connectivity index (χ3v) is 2.62. The summed E-state index contributed by atoms with van der Waals surface area (Å²) < 4.78 is 10.8. The molecule has 0 spiro atoms. The molecule has 1 aliphatic carbocycles. The van der Waals surface area contributed by atoms with Gasteiger partial charge in [-0.2, -0.15) is 0 Å². The van der Waals surface area contributed by atoms with Crippen LogP contribution in [0.25, 0.3) is 0 Å². The Morgan fingerprint density at radius 1 is 1.25 bits per heavy atom. The van der Waals surface area contributed by atoms with Crippen molar-refractivity contribution in [2.24, 2.45) is 0 Å². The highest BCUT2D eigenvalue weighted by atomic mass is 16.6. The SMILES string of the molecule is C1CC(NCC2COCCO2)C1. The minimum Gasteiger partial charge on any atom is -0.376 e. The first kappa shape index (κ1) is 8.48. The molecule has 1 saturated carbocycles. The molecule has 1 aliphatic heterocycles. The Morgan fingerprint density at radius 3 is 2.75 bits per heavy atom. The molecular weight excluding hydrogens is 154 g/mol. The van der Waals surface area contributed by atoms with Crippen LogP contribution in [0.5, 0.6) is 0 Å². The number of hydrogen-bond donors (Lipinski definition) is 1. The molecule has 1 N–H and O–H groups in total. The molecule has 70 valence electrons. The molecule has 2 aliphatic rings. The summed E-state index contributed by atoms with van der Waals surface area (Å²) in [4.78, 5) is 0. The van der Waals surface area contributed by atoms with E-state index in [1.54, 1.807) is 0 Å². The topological polar surface area (TPSA) is 30.5 Å². The average molecular weight is 171 g/mol. The molecule has 0 aromatic heterocycles. The Balaban J connectivity index is 1.58. The second-order valence-electron chi connectivity index (χ2n) is 3.60. The predicted octanol–water partition coefficient (Wildman–Crippen LogP) is 0.544. The molecule has 0 aromatic carbocycles. The Hall–Kier alpha value is -0.120. The van der Waals surface area contributed by atoms with Crippen molar-refractivity contribution in [3.8, 4) is 0 Å². The first-order chi connectivity index (χ1) is 5.95.